The van der Waals surface area contributed by atoms with Crippen LogP contribution in [0.25, 0.3) is 0 Å². The summed E-state index contributed by atoms with van der Waals surface area (Å²) in [6.45, 7) is 4.81. The molecule has 0 bridgehead atoms. The Bertz CT molecular complexity index is 483. The molecule has 0 spiro atoms. The molecule has 18 heavy (non-hydrogen) atoms. The lowest BCUT2D eigenvalue weighted by atomic mass is 10.3. The first kappa shape index (κ1) is 13.2. The molecular formula is C11H16ClN3O3. The van der Waals surface area contributed by atoms with E-state index in [1.165, 1.54) is 4.68 Å². The van der Waals surface area contributed by atoms with Crippen molar-refractivity contribution in [2.45, 2.75) is 6.92 Å². The van der Waals surface area contributed by atoms with Crippen LogP contribution in [0, 0.1) is 0 Å². The van der Waals surface area contributed by atoms with Gasteiger partial charge in [0.1, 0.15) is 5.69 Å². The molecule has 1 aromatic rings. The molecule has 1 aromatic heterocycles. The molecule has 0 atom stereocenters. The molecular weight excluding hydrogens is 258 g/mol. The predicted molar refractivity (Wildman–Crippen MR) is 68.7 cm³/mol. The zero-order chi connectivity index (χ0) is 13.1. The van der Waals surface area contributed by atoms with Crippen LogP contribution in [0.1, 0.15) is 6.92 Å². The molecule has 0 aromatic carbocycles. The number of rotatable bonds is 3. The van der Waals surface area contributed by atoms with Gasteiger partial charge in [-0.1, -0.05) is 11.6 Å². The van der Waals surface area contributed by atoms with Gasteiger partial charge < -0.3 is 14.4 Å². The number of ether oxygens (including phenoxy) is 2. The molecule has 0 radical (unpaired) electrons. The molecule has 1 saturated heterocycles. The van der Waals surface area contributed by atoms with E-state index >= 15 is 0 Å². The molecule has 0 unspecified atom stereocenters. The molecule has 1 fully saturated rings. The van der Waals surface area contributed by atoms with E-state index in [1.807, 2.05) is 11.8 Å². The summed E-state index contributed by atoms with van der Waals surface area (Å²) >= 11 is 6.14. The quantitative estimate of drug-likeness (QED) is 0.810. The van der Waals surface area contributed by atoms with Gasteiger partial charge in [-0.2, -0.15) is 5.10 Å². The second kappa shape index (κ2) is 5.58. The Morgan fingerprint density at radius 2 is 2.11 bits per heavy atom. The fourth-order valence-electron chi connectivity index (χ4n) is 1.90. The first-order valence-corrected chi connectivity index (χ1v) is 6.25. The van der Waals surface area contributed by atoms with Crippen LogP contribution < -0.4 is 15.2 Å². The zero-order valence-corrected chi connectivity index (χ0v) is 11.2. The Morgan fingerprint density at radius 3 is 2.72 bits per heavy atom. The minimum atomic E-state index is -0.275. The van der Waals surface area contributed by atoms with E-state index in [0.717, 1.165) is 0 Å². The molecule has 7 heteroatoms. The largest absolute Gasteiger partial charge is 0.486 e. The molecule has 100 valence electrons. The van der Waals surface area contributed by atoms with Crippen LogP contribution in [0.3, 0.4) is 0 Å². The van der Waals surface area contributed by atoms with Gasteiger partial charge in [-0.05, 0) is 6.92 Å². The van der Waals surface area contributed by atoms with Crippen molar-refractivity contribution in [1.29, 1.82) is 0 Å². The molecule has 6 nitrogen and oxygen atoms in total. The van der Waals surface area contributed by atoms with Crippen molar-refractivity contribution >= 4 is 17.3 Å². The minimum Gasteiger partial charge on any atom is -0.486 e. The molecule has 0 amide bonds. The highest BCUT2D eigenvalue weighted by atomic mass is 35.5. The van der Waals surface area contributed by atoms with Crippen LogP contribution in [-0.4, -0.2) is 42.7 Å². The summed E-state index contributed by atoms with van der Waals surface area (Å²) in [5, 5.41) is 4.28. The summed E-state index contributed by atoms with van der Waals surface area (Å²) < 4.78 is 11.9. The van der Waals surface area contributed by atoms with Gasteiger partial charge in [0.25, 0.3) is 0 Å². The van der Waals surface area contributed by atoms with Crippen molar-refractivity contribution in [3.8, 4) is 5.75 Å². The lowest BCUT2D eigenvalue weighted by Gasteiger charge is -2.30. The summed E-state index contributed by atoms with van der Waals surface area (Å²) in [5.41, 5.74) is 0.299. The number of hydrogen-bond donors (Lipinski definition) is 0. The highest BCUT2D eigenvalue weighted by Gasteiger charge is 2.23. The number of aryl methyl sites for hydroxylation is 1. The van der Waals surface area contributed by atoms with Crippen LogP contribution in [0.15, 0.2) is 4.79 Å². The van der Waals surface area contributed by atoms with E-state index < -0.39 is 0 Å². The van der Waals surface area contributed by atoms with Crippen LogP contribution in [0.2, 0.25) is 5.15 Å². The maximum absolute atomic E-state index is 12.0. The van der Waals surface area contributed by atoms with Crippen LogP contribution >= 0.6 is 11.6 Å². The number of morpholine rings is 1. The number of halogens is 1. The molecule has 0 saturated carbocycles. The van der Waals surface area contributed by atoms with Gasteiger partial charge in [-0.3, -0.25) is 4.79 Å². The molecule has 0 N–H and O–H groups in total. The van der Waals surface area contributed by atoms with Gasteiger partial charge in [0.05, 0.1) is 19.8 Å². The van der Waals surface area contributed by atoms with Crippen molar-refractivity contribution in [1.82, 2.24) is 9.78 Å². The van der Waals surface area contributed by atoms with E-state index in [1.54, 1.807) is 7.05 Å². The van der Waals surface area contributed by atoms with Crippen LogP contribution in [-0.2, 0) is 11.8 Å². The number of aromatic nitrogens is 2. The van der Waals surface area contributed by atoms with Gasteiger partial charge in [-0.15, -0.1) is 0 Å². The number of anilines is 1. The lowest BCUT2D eigenvalue weighted by molar-refractivity contribution is 0.122. The monoisotopic (exact) mass is 273 g/mol. The van der Waals surface area contributed by atoms with Gasteiger partial charge in [0.15, 0.2) is 5.15 Å². The van der Waals surface area contributed by atoms with Crippen molar-refractivity contribution in [2.24, 2.45) is 7.05 Å². The van der Waals surface area contributed by atoms with Gasteiger partial charge in [0, 0.05) is 20.1 Å². The van der Waals surface area contributed by atoms with Crippen molar-refractivity contribution in [3.05, 3.63) is 15.5 Å². The fraction of sp³-hybridized carbons (Fsp3) is 0.636. The Hall–Kier alpha value is -1.27. The van der Waals surface area contributed by atoms with Gasteiger partial charge in [-0.25, -0.2) is 4.68 Å². The van der Waals surface area contributed by atoms with E-state index in [0.29, 0.717) is 38.6 Å². The van der Waals surface area contributed by atoms with Gasteiger partial charge >= 0.3 is 5.56 Å². The van der Waals surface area contributed by atoms with E-state index in [-0.39, 0.29) is 16.5 Å². The Labute approximate surface area is 110 Å². The maximum atomic E-state index is 12.0. The molecule has 1 aliphatic heterocycles. The molecule has 0 aliphatic carbocycles. The van der Waals surface area contributed by atoms with Crippen LogP contribution in [0.4, 0.5) is 5.69 Å². The SMILES string of the molecule is CCOc1c(N2CCOCC2)c(Cl)nn(C)c1=O. The smallest absolute Gasteiger partial charge is 0.311 e. The van der Waals surface area contributed by atoms with Crippen LogP contribution in [0.5, 0.6) is 5.75 Å². The minimum absolute atomic E-state index is 0.266. The fourth-order valence-corrected chi connectivity index (χ4v) is 2.22. The maximum Gasteiger partial charge on any atom is 0.311 e. The summed E-state index contributed by atoms with van der Waals surface area (Å²) in [6.07, 6.45) is 0. The normalized spacial score (nSPS) is 15.8. The van der Waals surface area contributed by atoms with Crippen molar-refractivity contribution in [3.63, 3.8) is 0 Å². The highest BCUT2D eigenvalue weighted by Crippen LogP contribution is 2.31. The topological polar surface area (TPSA) is 56.6 Å². The lowest BCUT2D eigenvalue weighted by Crippen LogP contribution is -2.38. The first-order valence-electron chi connectivity index (χ1n) is 5.87. The molecule has 2 rings (SSSR count). The first-order chi connectivity index (χ1) is 8.65. The Morgan fingerprint density at radius 1 is 1.44 bits per heavy atom. The third-order valence-electron chi connectivity index (χ3n) is 2.75. The highest BCUT2D eigenvalue weighted by molar-refractivity contribution is 6.32. The summed E-state index contributed by atoms with van der Waals surface area (Å²) in [6, 6.07) is 0. The van der Waals surface area contributed by atoms with E-state index in [4.69, 9.17) is 21.1 Å². The third-order valence-corrected chi connectivity index (χ3v) is 3.01. The van der Waals surface area contributed by atoms with Crippen molar-refractivity contribution < 1.29 is 9.47 Å². The van der Waals surface area contributed by atoms with Crippen molar-refractivity contribution in [2.75, 3.05) is 37.8 Å². The summed E-state index contributed by atoms with van der Waals surface area (Å²) in [4.78, 5) is 14.0. The van der Waals surface area contributed by atoms with E-state index in [2.05, 4.69) is 5.10 Å². The second-order valence-corrected chi connectivity index (χ2v) is 4.29. The zero-order valence-electron chi connectivity index (χ0n) is 10.5. The Balaban J connectivity index is 2.49. The van der Waals surface area contributed by atoms with Gasteiger partial charge in [0.2, 0.25) is 5.75 Å². The standard InChI is InChI=1S/C11H16ClN3O3/c1-3-18-9-8(15-4-6-17-7-5-15)10(12)13-14(2)11(9)16/h3-7H2,1-2H3. The molecule has 1 aliphatic rings. The van der Waals surface area contributed by atoms with E-state index in [9.17, 15) is 4.79 Å². The third kappa shape index (κ3) is 2.44. The molecule has 2 heterocycles. The Kier molecular flexibility index (Phi) is 4.08. The summed E-state index contributed by atoms with van der Waals surface area (Å²) in [5.74, 6) is 0.266. The second-order valence-electron chi connectivity index (χ2n) is 3.93. The number of nitrogens with zero attached hydrogens (tertiary/aromatic N) is 3. The predicted octanol–water partition coefficient (Wildman–Crippen LogP) is 0.669. The average molecular weight is 274 g/mol. The summed E-state index contributed by atoms with van der Waals surface area (Å²) in [7, 11) is 1.56. The number of hydrogen-bond acceptors (Lipinski definition) is 5. The average Bonchev–Trinajstić information content (AvgIpc) is 2.37.